The summed E-state index contributed by atoms with van der Waals surface area (Å²) in [5, 5.41) is 0.632. The topological polar surface area (TPSA) is 59.7 Å². The molecule has 0 saturated carbocycles. The van der Waals surface area contributed by atoms with Gasteiger partial charge in [-0.15, -0.1) is 0 Å². The summed E-state index contributed by atoms with van der Waals surface area (Å²) < 4.78 is 16.3. The summed E-state index contributed by atoms with van der Waals surface area (Å²) in [6, 6.07) is 6.48. The van der Waals surface area contributed by atoms with Crippen LogP contribution in [0.3, 0.4) is 0 Å². The normalized spacial score (nSPS) is 25.5. The molecule has 3 aliphatic rings. The minimum absolute atomic E-state index is 0.148. The minimum Gasteiger partial charge on any atom is -0.324 e. The molecule has 6 nitrogen and oxygen atoms in total. The van der Waals surface area contributed by atoms with E-state index in [9.17, 15) is 14.0 Å². The summed E-state index contributed by atoms with van der Waals surface area (Å²) in [7, 11) is 2.14. The number of likely N-dealkylation sites (N-methyl/N-ethyl adjacent to an activating group) is 1. The molecule has 0 spiro atoms. The van der Waals surface area contributed by atoms with Crippen molar-refractivity contribution in [3.63, 3.8) is 0 Å². The van der Waals surface area contributed by atoms with Crippen molar-refractivity contribution in [1.29, 1.82) is 0 Å². The summed E-state index contributed by atoms with van der Waals surface area (Å²) in [6.07, 6.45) is 3.65. The van der Waals surface area contributed by atoms with Gasteiger partial charge in [-0.2, -0.15) is 0 Å². The van der Waals surface area contributed by atoms with Gasteiger partial charge in [0, 0.05) is 43.5 Å². The molecule has 2 aromatic rings. The molecule has 0 bridgehead atoms. The van der Waals surface area contributed by atoms with Crippen LogP contribution in [0.5, 0.6) is 0 Å². The minimum atomic E-state index is -0.345. The number of ketones is 1. The third kappa shape index (κ3) is 3.15. The second kappa shape index (κ2) is 7.19. The summed E-state index contributed by atoms with van der Waals surface area (Å²) >= 11 is 1.18. The van der Waals surface area contributed by atoms with Crippen LogP contribution in [0.2, 0.25) is 0 Å². The number of fused-ring (bicyclic) bond motifs is 2. The Balaban J connectivity index is 1.55. The van der Waals surface area contributed by atoms with Gasteiger partial charge in [0.15, 0.2) is 5.78 Å². The van der Waals surface area contributed by atoms with Gasteiger partial charge in [-0.05, 0) is 55.7 Å². The van der Waals surface area contributed by atoms with Crippen LogP contribution in [0.1, 0.15) is 23.2 Å². The van der Waals surface area contributed by atoms with Crippen LogP contribution >= 0.6 is 11.5 Å². The van der Waals surface area contributed by atoms with Crippen molar-refractivity contribution in [3.8, 4) is 0 Å². The SMILES string of the molecule is CN1CCN(C2CC=C3C(=O)c4c(s[nH]c4=O)N(c4ccc(F)cc4)C3C2)CC1. The Labute approximate surface area is 172 Å². The second-order valence-electron chi connectivity index (χ2n) is 8.03. The Morgan fingerprint density at radius 3 is 2.55 bits per heavy atom. The summed E-state index contributed by atoms with van der Waals surface area (Å²) in [6.45, 7) is 4.12. The molecule has 1 N–H and O–H groups in total. The first kappa shape index (κ1) is 18.7. The second-order valence-corrected chi connectivity index (χ2v) is 8.82. The maximum Gasteiger partial charge on any atom is 0.271 e. The largest absolute Gasteiger partial charge is 0.324 e. The lowest BCUT2D eigenvalue weighted by Crippen LogP contribution is -2.53. The third-order valence-corrected chi connectivity index (χ3v) is 7.21. The van der Waals surface area contributed by atoms with E-state index in [1.807, 2.05) is 11.0 Å². The zero-order chi connectivity index (χ0) is 20.1. The number of anilines is 2. The number of Topliss-reactive ketones (excluding diaryl/α,β-unsaturated/α-hetero) is 1. The van der Waals surface area contributed by atoms with Crippen LogP contribution < -0.4 is 10.5 Å². The molecule has 0 amide bonds. The van der Waals surface area contributed by atoms with Gasteiger partial charge in [-0.3, -0.25) is 18.9 Å². The molecule has 3 heterocycles. The number of hydrogen-bond donors (Lipinski definition) is 1. The van der Waals surface area contributed by atoms with E-state index in [1.165, 1.54) is 23.7 Å². The van der Waals surface area contributed by atoms with Crippen molar-refractivity contribution in [1.82, 2.24) is 14.2 Å². The average Bonchev–Trinajstić information content (AvgIpc) is 3.11. The van der Waals surface area contributed by atoms with Crippen LogP contribution in [0.4, 0.5) is 15.1 Å². The Kier molecular flexibility index (Phi) is 4.64. The van der Waals surface area contributed by atoms with Gasteiger partial charge in [-0.25, -0.2) is 4.39 Å². The van der Waals surface area contributed by atoms with E-state index in [1.54, 1.807) is 12.1 Å². The molecular weight excluding hydrogens is 391 g/mol. The average molecular weight is 415 g/mol. The lowest BCUT2D eigenvalue weighted by molar-refractivity contribution is 0.0949. The Hall–Kier alpha value is -2.29. The number of halogens is 1. The third-order valence-electron chi connectivity index (χ3n) is 6.32. The first-order valence-electron chi connectivity index (χ1n) is 9.96. The molecule has 152 valence electrons. The summed E-state index contributed by atoms with van der Waals surface area (Å²) in [4.78, 5) is 32.3. The van der Waals surface area contributed by atoms with Crippen molar-refractivity contribution < 1.29 is 9.18 Å². The van der Waals surface area contributed by atoms with Crippen LogP contribution in [0.15, 0.2) is 40.7 Å². The summed E-state index contributed by atoms with van der Waals surface area (Å²) in [5.41, 5.74) is 1.35. The fourth-order valence-electron chi connectivity index (χ4n) is 4.70. The number of nitrogens with one attached hydrogen (secondary N) is 1. The number of H-pyrrole nitrogens is 1. The smallest absolute Gasteiger partial charge is 0.271 e. The predicted octanol–water partition coefficient (Wildman–Crippen LogP) is 2.61. The van der Waals surface area contributed by atoms with Crippen LogP contribution in [-0.2, 0) is 0 Å². The van der Waals surface area contributed by atoms with E-state index in [0.29, 0.717) is 16.6 Å². The number of nitrogens with zero attached hydrogens (tertiary/aromatic N) is 3. The number of rotatable bonds is 2. The maximum absolute atomic E-state index is 13.5. The van der Waals surface area contributed by atoms with Crippen molar-refractivity contribution in [2.75, 3.05) is 38.1 Å². The molecule has 2 aliphatic heterocycles. The van der Waals surface area contributed by atoms with Gasteiger partial charge in [0.25, 0.3) is 5.56 Å². The molecule has 2 atom stereocenters. The van der Waals surface area contributed by atoms with Crippen LogP contribution in [0, 0.1) is 5.82 Å². The van der Waals surface area contributed by atoms with E-state index >= 15 is 0 Å². The number of benzene rings is 1. The van der Waals surface area contributed by atoms with Crippen LogP contribution in [0.25, 0.3) is 0 Å². The monoisotopic (exact) mass is 414 g/mol. The zero-order valence-electron chi connectivity index (χ0n) is 16.2. The molecule has 1 fully saturated rings. The number of hydrogen-bond acceptors (Lipinski definition) is 6. The fourth-order valence-corrected chi connectivity index (χ4v) is 5.61. The molecule has 5 rings (SSSR count). The number of aromatic amines is 1. The number of carbonyl (C=O) groups excluding carboxylic acids is 1. The van der Waals surface area contributed by atoms with Crippen molar-refractivity contribution in [2.24, 2.45) is 0 Å². The van der Waals surface area contributed by atoms with E-state index in [0.717, 1.165) is 44.7 Å². The molecule has 0 radical (unpaired) electrons. The highest BCUT2D eigenvalue weighted by Gasteiger charge is 2.43. The first-order chi connectivity index (χ1) is 14.0. The fraction of sp³-hybridized carbons (Fsp3) is 0.429. The van der Waals surface area contributed by atoms with Crippen molar-refractivity contribution >= 4 is 28.0 Å². The van der Waals surface area contributed by atoms with E-state index in [4.69, 9.17) is 0 Å². The highest BCUT2D eigenvalue weighted by molar-refractivity contribution is 7.10. The van der Waals surface area contributed by atoms with Crippen molar-refractivity contribution in [2.45, 2.75) is 24.9 Å². The quantitative estimate of drug-likeness (QED) is 0.819. The standard InChI is InChI=1S/C21H23FN4O2S/c1-24-8-10-25(11-9-24)15-6-7-16-17(12-15)26(14-4-2-13(22)3-5-14)21-18(19(16)27)20(28)23-29-21/h2-5,7,15,17H,6,8-12H2,1H3,(H,23,28). The van der Waals surface area contributed by atoms with E-state index in [-0.39, 0.29) is 28.8 Å². The van der Waals surface area contributed by atoms with Gasteiger partial charge in [0.2, 0.25) is 0 Å². The van der Waals surface area contributed by atoms with Gasteiger partial charge >= 0.3 is 0 Å². The van der Waals surface area contributed by atoms with Crippen LogP contribution in [-0.4, -0.2) is 65.3 Å². The molecule has 1 aliphatic carbocycles. The molecule has 1 aromatic heterocycles. The first-order valence-corrected chi connectivity index (χ1v) is 10.8. The molecule has 1 aromatic carbocycles. The van der Waals surface area contributed by atoms with Gasteiger partial charge < -0.3 is 9.80 Å². The zero-order valence-corrected chi connectivity index (χ0v) is 17.0. The number of carbonyl (C=O) groups is 1. The number of piperazine rings is 1. The van der Waals surface area contributed by atoms with E-state index < -0.39 is 0 Å². The Morgan fingerprint density at radius 2 is 1.83 bits per heavy atom. The lowest BCUT2D eigenvalue weighted by atomic mass is 9.82. The molecule has 1 saturated heterocycles. The Bertz CT molecular complexity index is 1020. The van der Waals surface area contributed by atoms with Gasteiger partial charge in [0.1, 0.15) is 16.4 Å². The predicted molar refractivity (Wildman–Crippen MR) is 112 cm³/mol. The molecule has 8 heteroatoms. The van der Waals surface area contributed by atoms with E-state index in [2.05, 4.69) is 21.2 Å². The molecular formula is C21H23FN4O2S. The highest BCUT2D eigenvalue weighted by Crippen LogP contribution is 2.43. The molecule has 29 heavy (non-hydrogen) atoms. The van der Waals surface area contributed by atoms with Gasteiger partial charge in [0.05, 0.1) is 6.04 Å². The van der Waals surface area contributed by atoms with Gasteiger partial charge in [-0.1, -0.05) is 6.08 Å². The summed E-state index contributed by atoms with van der Waals surface area (Å²) in [5.74, 6) is -0.471. The Morgan fingerprint density at radius 1 is 1.10 bits per heavy atom. The maximum atomic E-state index is 13.5. The number of aromatic nitrogens is 1. The van der Waals surface area contributed by atoms with Crippen molar-refractivity contribution in [3.05, 3.63) is 57.6 Å². The molecule has 2 unspecified atom stereocenters. The lowest BCUT2D eigenvalue weighted by Gasteiger charge is -2.45. The highest BCUT2D eigenvalue weighted by atomic mass is 32.1.